The summed E-state index contributed by atoms with van der Waals surface area (Å²) in [4.78, 5) is 11.4. The molecule has 0 heterocycles. The van der Waals surface area contributed by atoms with Gasteiger partial charge in [0.25, 0.3) is 5.76 Å². The fourth-order valence-corrected chi connectivity index (χ4v) is 1.80. The van der Waals surface area contributed by atoms with E-state index in [2.05, 4.69) is 0 Å². The number of hydrogen-bond donors (Lipinski definition) is 1. The first-order valence-corrected chi connectivity index (χ1v) is 6.84. The van der Waals surface area contributed by atoms with Gasteiger partial charge in [0.1, 0.15) is 17.9 Å². The minimum absolute atomic E-state index is 0.0761. The summed E-state index contributed by atoms with van der Waals surface area (Å²) in [5.74, 6) is -3.24. The maximum Gasteiger partial charge on any atom is 0.396 e. The molecule has 2 rings (SSSR count). The van der Waals surface area contributed by atoms with Crippen molar-refractivity contribution in [3.63, 3.8) is 0 Å². The molecule has 0 aromatic heterocycles. The zero-order chi connectivity index (χ0) is 17.6. The second kappa shape index (κ2) is 7.54. The van der Waals surface area contributed by atoms with Gasteiger partial charge in [-0.15, -0.1) is 0 Å². The van der Waals surface area contributed by atoms with Gasteiger partial charge in [0, 0.05) is 0 Å². The Morgan fingerprint density at radius 3 is 1.75 bits per heavy atom. The van der Waals surface area contributed by atoms with E-state index in [1.54, 1.807) is 36.4 Å². The zero-order valence-corrected chi connectivity index (χ0v) is 12.3. The summed E-state index contributed by atoms with van der Waals surface area (Å²) in [6, 6.07) is 15.2. The van der Waals surface area contributed by atoms with E-state index in [-0.39, 0.29) is 11.5 Å². The van der Waals surface area contributed by atoms with Crippen molar-refractivity contribution >= 4 is 5.97 Å². The molecular formula is C17H13F3O4. The normalized spacial score (nSPS) is 12.3. The van der Waals surface area contributed by atoms with Crippen molar-refractivity contribution in [2.75, 3.05) is 0 Å². The lowest BCUT2D eigenvalue weighted by molar-refractivity contribution is -0.137. The third kappa shape index (κ3) is 5.35. The quantitative estimate of drug-likeness (QED) is 0.627. The van der Waals surface area contributed by atoms with E-state index in [1.165, 1.54) is 24.3 Å². The van der Waals surface area contributed by atoms with Crippen molar-refractivity contribution in [1.82, 2.24) is 0 Å². The monoisotopic (exact) mass is 338 g/mol. The van der Waals surface area contributed by atoms with Crippen LogP contribution in [0.5, 0.6) is 11.5 Å². The van der Waals surface area contributed by atoms with Gasteiger partial charge in [-0.1, -0.05) is 36.4 Å². The number of halogens is 3. The first-order chi connectivity index (χ1) is 11.3. The standard InChI is InChI=1S/C17H13F3O4/c18-17(19,20)11-14(23-12-7-3-1-4-8-12)15(16(21)22)24-13-9-5-2-6-10-13/h1-10H,11H2,(H,21,22)/b15-14+. The van der Waals surface area contributed by atoms with Gasteiger partial charge in [0.15, 0.2) is 5.76 Å². The summed E-state index contributed by atoms with van der Waals surface area (Å²) in [5, 5.41) is 9.25. The number of carboxylic acids is 1. The molecule has 0 aliphatic heterocycles. The van der Waals surface area contributed by atoms with E-state index in [1.807, 2.05) is 0 Å². The summed E-state index contributed by atoms with van der Waals surface area (Å²) in [5.41, 5.74) is 0. The van der Waals surface area contributed by atoms with Gasteiger partial charge in [-0.3, -0.25) is 0 Å². The molecule has 0 atom stereocenters. The smallest absolute Gasteiger partial charge is 0.396 e. The van der Waals surface area contributed by atoms with E-state index in [4.69, 9.17) is 9.47 Å². The highest BCUT2D eigenvalue weighted by molar-refractivity contribution is 5.85. The molecule has 2 aromatic rings. The number of benzene rings is 2. The minimum Gasteiger partial charge on any atom is -0.475 e. The largest absolute Gasteiger partial charge is 0.475 e. The third-order valence-corrected chi connectivity index (χ3v) is 2.76. The Labute approximate surface area is 135 Å². The van der Waals surface area contributed by atoms with E-state index in [9.17, 15) is 23.1 Å². The Morgan fingerprint density at radius 1 is 0.875 bits per heavy atom. The molecule has 24 heavy (non-hydrogen) atoms. The van der Waals surface area contributed by atoms with Crippen LogP contribution in [0.4, 0.5) is 13.2 Å². The summed E-state index contributed by atoms with van der Waals surface area (Å²) in [6.07, 6.45) is -6.23. The SMILES string of the molecule is O=C(O)/C(Oc1ccccc1)=C(/CC(F)(F)F)Oc1ccccc1. The molecule has 0 fully saturated rings. The maximum atomic E-state index is 12.8. The fraction of sp³-hybridized carbons (Fsp3) is 0.118. The van der Waals surface area contributed by atoms with Crippen LogP contribution in [0.2, 0.25) is 0 Å². The highest BCUT2D eigenvalue weighted by Crippen LogP contribution is 2.29. The lowest BCUT2D eigenvalue weighted by Gasteiger charge is -2.16. The molecule has 0 aliphatic carbocycles. The summed E-state index contributed by atoms with van der Waals surface area (Å²) >= 11 is 0. The maximum absolute atomic E-state index is 12.8. The number of alkyl halides is 3. The lowest BCUT2D eigenvalue weighted by Crippen LogP contribution is -2.19. The van der Waals surface area contributed by atoms with Crippen LogP contribution in [0.1, 0.15) is 6.42 Å². The molecule has 0 aliphatic rings. The van der Waals surface area contributed by atoms with Crippen molar-refractivity contribution in [3.8, 4) is 11.5 Å². The van der Waals surface area contributed by atoms with Crippen molar-refractivity contribution < 1.29 is 32.5 Å². The van der Waals surface area contributed by atoms with Crippen molar-refractivity contribution in [1.29, 1.82) is 0 Å². The van der Waals surface area contributed by atoms with E-state index in [0.29, 0.717) is 0 Å². The number of carboxylic acid groups (broad SMARTS) is 1. The van der Waals surface area contributed by atoms with E-state index in [0.717, 1.165) is 0 Å². The van der Waals surface area contributed by atoms with Crippen LogP contribution in [0.3, 0.4) is 0 Å². The molecule has 0 saturated heterocycles. The van der Waals surface area contributed by atoms with Crippen LogP contribution < -0.4 is 9.47 Å². The Hall–Kier alpha value is -2.96. The predicted molar refractivity (Wildman–Crippen MR) is 79.5 cm³/mol. The first-order valence-electron chi connectivity index (χ1n) is 6.84. The molecule has 0 spiro atoms. The third-order valence-electron chi connectivity index (χ3n) is 2.76. The number of ether oxygens (including phenoxy) is 2. The van der Waals surface area contributed by atoms with Gasteiger partial charge in [-0.2, -0.15) is 13.2 Å². The fourth-order valence-electron chi connectivity index (χ4n) is 1.80. The molecule has 4 nitrogen and oxygen atoms in total. The van der Waals surface area contributed by atoms with Crippen LogP contribution in [-0.4, -0.2) is 17.3 Å². The van der Waals surface area contributed by atoms with Crippen LogP contribution in [-0.2, 0) is 4.79 Å². The highest BCUT2D eigenvalue weighted by Gasteiger charge is 2.34. The van der Waals surface area contributed by atoms with Crippen LogP contribution in [0.25, 0.3) is 0 Å². The molecule has 0 saturated carbocycles. The Balaban J connectivity index is 2.41. The average Bonchev–Trinajstić information content (AvgIpc) is 2.52. The number of para-hydroxylation sites is 2. The Morgan fingerprint density at radius 2 is 1.33 bits per heavy atom. The van der Waals surface area contributed by atoms with E-state index < -0.39 is 30.1 Å². The summed E-state index contributed by atoms with van der Waals surface area (Å²) < 4.78 is 48.7. The molecule has 7 heteroatoms. The van der Waals surface area contributed by atoms with Gasteiger partial charge in [0.2, 0.25) is 0 Å². The van der Waals surface area contributed by atoms with E-state index >= 15 is 0 Å². The van der Waals surface area contributed by atoms with Crippen molar-refractivity contribution in [2.45, 2.75) is 12.6 Å². The number of aliphatic carboxylic acids is 1. The number of allylic oxidation sites excluding steroid dienone is 1. The number of carbonyl (C=O) groups is 1. The van der Waals surface area contributed by atoms with Gasteiger partial charge < -0.3 is 14.6 Å². The lowest BCUT2D eigenvalue weighted by atomic mass is 10.2. The molecule has 0 bridgehead atoms. The van der Waals surface area contributed by atoms with Gasteiger partial charge >= 0.3 is 12.1 Å². The van der Waals surface area contributed by atoms with Gasteiger partial charge in [-0.25, -0.2) is 4.79 Å². The highest BCUT2D eigenvalue weighted by atomic mass is 19.4. The molecule has 0 amide bonds. The molecule has 1 N–H and O–H groups in total. The first kappa shape index (κ1) is 17.4. The summed E-state index contributed by atoms with van der Waals surface area (Å²) in [7, 11) is 0. The predicted octanol–water partition coefficient (Wildman–Crippen LogP) is 4.39. The topological polar surface area (TPSA) is 55.8 Å². The zero-order valence-electron chi connectivity index (χ0n) is 12.3. The number of rotatable bonds is 6. The molecular weight excluding hydrogens is 325 g/mol. The Kier molecular flexibility index (Phi) is 5.47. The summed E-state index contributed by atoms with van der Waals surface area (Å²) in [6.45, 7) is 0. The molecule has 2 aromatic carbocycles. The van der Waals surface area contributed by atoms with Crippen molar-refractivity contribution in [2.24, 2.45) is 0 Å². The second-order valence-electron chi connectivity index (χ2n) is 4.68. The van der Waals surface area contributed by atoms with Crippen molar-refractivity contribution in [3.05, 3.63) is 72.2 Å². The van der Waals surface area contributed by atoms with Gasteiger partial charge in [0.05, 0.1) is 0 Å². The number of hydrogen-bond acceptors (Lipinski definition) is 3. The molecule has 126 valence electrons. The minimum atomic E-state index is -4.66. The molecule has 0 unspecified atom stereocenters. The van der Waals surface area contributed by atoms with Crippen LogP contribution >= 0.6 is 0 Å². The second-order valence-corrected chi connectivity index (χ2v) is 4.68. The van der Waals surface area contributed by atoms with Crippen LogP contribution in [0.15, 0.2) is 72.2 Å². The Bertz CT molecular complexity index is 710. The molecule has 0 radical (unpaired) electrons. The average molecular weight is 338 g/mol. The van der Waals surface area contributed by atoms with Gasteiger partial charge in [-0.05, 0) is 24.3 Å². The van der Waals surface area contributed by atoms with Crippen LogP contribution in [0, 0.1) is 0 Å².